The molecule has 0 radical (unpaired) electrons. The van der Waals surface area contributed by atoms with Crippen molar-refractivity contribution in [3.05, 3.63) is 76.6 Å². The summed E-state index contributed by atoms with van der Waals surface area (Å²) in [6.07, 6.45) is -4.88. The summed E-state index contributed by atoms with van der Waals surface area (Å²) < 4.78 is 82.9. The van der Waals surface area contributed by atoms with Crippen LogP contribution < -0.4 is 5.32 Å². The smallest absolute Gasteiger partial charge is 0.365 e. The second-order valence-corrected chi connectivity index (χ2v) is 6.87. The highest BCUT2D eigenvalue weighted by atomic mass is 19.4. The van der Waals surface area contributed by atoms with Crippen LogP contribution in [-0.2, 0) is 6.18 Å². The average Bonchev–Trinajstić information content (AvgIpc) is 3.06. The molecule has 2 aromatic heterocycles. The summed E-state index contributed by atoms with van der Waals surface area (Å²) in [5.41, 5.74) is -1.99. The van der Waals surface area contributed by atoms with Crippen LogP contribution in [0.3, 0.4) is 0 Å². The minimum atomic E-state index is -4.88. The summed E-state index contributed by atoms with van der Waals surface area (Å²) in [6, 6.07) is 8.48. The van der Waals surface area contributed by atoms with Gasteiger partial charge < -0.3 is 5.32 Å². The van der Waals surface area contributed by atoms with Gasteiger partial charge in [0.1, 0.15) is 23.3 Å². The molecule has 2 heterocycles. The van der Waals surface area contributed by atoms with Crippen LogP contribution in [0.5, 0.6) is 0 Å². The number of alkyl halides is 3. The monoisotopic (exact) mass is 434 g/mol. The first-order chi connectivity index (χ1) is 14.6. The summed E-state index contributed by atoms with van der Waals surface area (Å²) in [6.45, 7) is 1.63. The minimum Gasteiger partial charge on any atom is -0.365 e. The molecule has 1 atom stereocenters. The van der Waals surface area contributed by atoms with E-state index in [1.54, 1.807) is 6.92 Å². The number of aromatic nitrogens is 2. The van der Waals surface area contributed by atoms with Crippen LogP contribution >= 0.6 is 0 Å². The quantitative estimate of drug-likeness (QED) is 0.405. The van der Waals surface area contributed by atoms with Crippen LogP contribution in [0.4, 0.5) is 32.2 Å². The molecule has 1 N–H and O–H groups in total. The number of fused-ring (bicyclic) bond motifs is 3. The van der Waals surface area contributed by atoms with E-state index >= 15 is 0 Å². The number of imidazole rings is 1. The van der Waals surface area contributed by atoms with E-state index < -0.39 is 46.4 Å². The zero-order valence-electron chi connectivity index (χ0n) is 15.7. The van der Waals surface area contributed by atoms with E-state index in [9.17, 15) is 31.6 Å². The van der Waals surface area contributed by atoms with Gasteiger partial charge in [0, 0.05) is 18.2 Å². The Labute approximate surface area is 171 Å². The fourth-order valence-corrected chi connectivity index (χ4v) is 3.37. The first-order valence-electron chi connectivity index (χ1n) is 8.93. The molecule has 0 aliphatic rings. The molecule has 4 nitrogen and oxygen atoms in total. The third kappa shape index (κ3) is 3.52. The van der Waals surface area contributed by atoms with E-state index in [0.29, 0.717) is 11.6 Å². The number of nitrogens with one attached hydrogen (secondary N) is 1. The molecule has 0 saturated heterocycles. The summed E-state index contributed by atoms with van der Waals surface area (Å²) in [4.78, 5) is 3.96. The Balaban J connectivity index is 2.01. The highest BCUT2D eigenvalue weighted by Gasteiger charge is 2.36. The van der Waals surface area contributed by atoms with Crippen molar-refractivity contribution in [3.63, 3.8) is 0 Å². The molecule has 31 heavy (non-hydrogen) atoms. The number of pyridine rings is 1. The maximum Gasteiger partial charge on any atom is 0.417 e. The Hall–Kier alpha value is -3.74. The Bertz CT molecular complexity index is 1350. The molecule has 0 spiro atoms. The van der Waals surface area contributed by atoms with E-state index in [1.807, 2.05) is 0 Å². The van der Waals surface area contributed by atoms with Crippen molar-refractivity contribution in [2.75, 3.05) is 5.32 Å². The van der Waals surface area contributed by atoms with Gasteiger partial charge in [-0.2, -0.15) is 18.4 Å². The third-order valence-corrected chi connectivity index (χ3v) is 4.86. The summed E-state index contributed by atoms with van der Waals surface area (Å²) in [5.74, 6) is -3.06. The number of hydrogen-bond acceptors (Lipinski definition) is 3. The molecule has 2 aromatic carbocycles. The number of rotatable bonds is 3. The molecule has 0 amide bonds. The van der Waals surface area contributed by atoms with Gasteiger partial charge in [-0.3, -0.25) is 4.40 Å². The molecule has 0 bridgehead atoms. The molecular formula is C21H12F6N4. The second-order valence-electron chi connectivity index (χ2n) is 6.87. The number of nitriles is 1. The van der Waals surface area contributed by atoms with E-state index in [2.05, 4.69) is 10.3 Å². The third-order valence-electron chi connectivity index (χ3n) is 4.86. The van der Waals surface area contributed by atoms with E-state index in [0.717, 1.165) is 16.5 Å². The molecule has 10 heteroatoms. The molecule has 0 aliphatic heterocycles. The SMILES string of the molecule is C[C@@H](Nc1cc(C(F)(F)F)c(C#N)c2nc3cc(F)c(F)cc3n12)c1ccc(F)cc1. The normalized spacial score (nSPS) is 12.8. The fraction of sp³-hybridized carbons (Fsp3) is 0.143. The van der Waals surface area contributed by atoms with E-state index in [4.69, 9.17) is 0 Å². The zero-order chi connectivity index (χ0) is 22.5. The second kappa shape index (κ2) is 7.19. The Kier molecular flexibility index (Phi) is 4.76. The minimum absolute atomic E-state index is 0.0204. The zero-order valence-corrected chi connectivity index (χ0v) is 15.7. The highest BCUT2D eigenvalue weighted by Crippen LogP contribution is 2.38. The van der Waals surface area contributed by atoms with Crippen LogP contribution in [-0.4, -0.2) is 9.38 Å². The van der Waals surface area contributed by atoms with Crippen molar-refractivity contribution in [1.82, 2.24) is 9.38 Å². The van der Waals surface area contributed by atoms with E-state index in [1.165, 1.54) is 30.3 Å². The predicted molar refractivity (Wildman–Crippen MR) is 101 cm³/mol. The first kappa shape index (κ1) is 20.5. The summed E-state index contributed by atoms with van der Waals surface area (Å²) in [7, 11) is 0. The lowest BCUT2D eigenvalue weighted by molar-refractivity contribution is -0.137. The van der Waals surface area contributed by atoms with Crippen molar-refractivity contribution in [1.29, 1.82) is 5.26 Å². The van der Waals surface area contributed by atoms with Crippen molar-refractivity contribution in [2.24, 2.45) is 0 Å². The van der Waals surface area contributed by atoms with Gasteiger partial charge in [-0.1, -0.05) is 12.1 Å². The van der Waals surface area contributed by atoms with Gasteiger partial charge in [0.05, 0.1) is 16.6 Å². The van der Waals surface area contributed by atoms with Crippen molar-refractivity contribution in [2.45, 2.75) is 19.1 Å². The summed E-state index contributed by atoms with van der Waals surface area (Å²) in [5, 5.41) is 12.3. The maximum atomic E-state index is 13.9. The van der Waals surface area contributed by atoms with Gasteiger partial charge >= 0.3 is 6.18 Å². The van der Waals surface area contributed by atoms with Gasteiger partial charge in [0.25, 0.3) is 0 Å². The van der Waals surface area contributed by atoms with Crippen molar-refractivity contribution < 1.29 is 26.3 Å². The number of anilines is 1. The largest absolute Gasteiger partial charge is 0.417 e. The molecule has 0 saturated carbocycles. The topological polar surface area (TPSA) is 53.1 Å². The van der Waals surface area contributed by atoms with E-state index in [-0.39, 0.29) is 16.9 Å². The standard InChI is InChI=1S/C21H12F6N4/c1-10(11-2-4-12(22)5-3-11)29-19-6-14(21(25,26)27)13(9-28)20-30-17-7-15(23)16(24)8-18(17)31(19)20/h2-8,10,29H,1H3/t10-/m1/s1. The molecule has 0 unspecified atom stereocenters. The number of halogens is 6. The van der Waals surface area contributed by atoms with Crippen LogP contribution in [0.15, 0.2) is 42.5 Å². The molecule has 4 aromatic rings. The van der Waals surface area contributed by atoms with Gasteiger partial charge in [0.2, 0.25) is 0 Å². The van der Waals surface area contributed by atoms with Gasteiger partial charge in [-0.25, -0.2) is 18.2 Å². The fourth-order valence-electron chi connectivity index (χ4n) is 3.37. The number of hydrogen-bond donors (Lipinski definition) is 1. The van der Waals surface area contributed by atoms with Gasteiger partial charge in [-0.05, 0) is 30.7 Å². The van der Waals surface area contributed by atoms with Crippen LogP contribution in [0, 0.1) is 28.8 Å². The van der Waals surface area contributed by atoms with Crippen molar-refractivity contribution in [3.8, 4) is 6.07 Å². The molecule has 0 fully saturated rings. The van der Waals surface area contributed by atoms with Crippen LogP contribution in [0.25, 0.3) is 16.7 Å². The van der Waals surface area contributed by atoms with Gasteiger partial charge in [0.15, 0.2) is 17.3 Å². The number of benzene rings is 2. The average molecular weight is 434 g/mol. The Morgan fingerprint density at radius 1 is 1.03 bits per heavy atom. The van der Waals surface area contributed by atoms with Gasteiger partial charge in [-0.15, -0.1) is 0 Å². The van der Waals surface area contributed by atoms with Crippen molar-refractivity contribution >= 4 is 22.5 Å². The first-order valence-corrected chi connectivity index (χ1v) is 8.93. The summed E-state index contributed by atoms with van der Waals surface area (Å²) >= 11 is 0. The Morgan fingerprint density at radius 3 is 2.29 bits per heavy atom. The predicted octanol–water partition coefficient (Wildman–Crippen LogP) is 5.97. The Morgan fingerprint density at radius 2 is 1.68 bits per heavy atom. The molecule has 0 aliphatic carbocycles. The molecule has 158 valence electrons. The maximum absolute atomic E-state index is 13.9. The highest BCUT2D eigenvalue weighted by molar-refractivity contribution is 5.85. The van der Waals surface area contributed by atoms with Crippen LogP contribution in [0.1, 0.15) is 29.7 Å². The lowest BCUT2D eigenvalue weighted by atomic mass is 10.1. The molecular weight excluding hydrogens is 422 g/mol. The molecule has 4 rings (SSSR count). The lowest BCUT2D eigenvalue weighted by Gasteiger charge is -2.20. The lowest BCUT2D eigenvalue weighted by Crippen LogP contribution is -2.15. The number of nitrogens with zero attached hydrogens (tertiary/aromatic N) is 3. The van der Waals surface area contributed by atoms with Crippen LogP contribution in [0.2, 0.25) is 0 Å².